The van der Waals surface area contributed by atoms with Crippen molar-refractivity contribution in [2.45, 2.75) is 81.2 Å². The minimum atomic E-state index is -4.05. The molecule has 2 bridgehead atoms. The number of carbonyl (C=O) groups excluding carboxylic acids is 3. The number of benzene rings is 2. The third-order valence-electron chi connectivity index (χ3n) is 11.4. The van der Waals surface area contributed by atoms with Gasteiger partial charge in [-0.2, -0.15) is 12.7 Å². The SMILES string of the molecule is COc1ccc2c(c1)[C@@H]1OC(=O)O[C@]1(C(=O)N1C3CCC1CN(C)C3)Cn1c-2c(C2CCCCC2)c2ccc(C(=O)NS(=O)(=O)N(C)C)cc21. The average Bonchev–Trinajstić information content (AvgIpc) is 3.67. The number of hydrogen-bond donors (Lipinski definition) is 1. The van der Waals surface area contributed by atoms with Gasteiger partial charge < -0.3 is 28.6 Å². The van der Waals surface area contributed by atoms with Gasteiger partial charge in [0.05, 0.1) is 19.3 Å². The van der Waals surface area contributed by atoms with E-state index in [0.717, 1.165) is 84.5 Å². The van der Waals surface area contributed by atoms with Crippen LogP contribution >= 0.6 is 0 Å². The zero-order valence-corrected chi connectivity index (χ0v) is 29.6. The summed E-state index contributed by atoms with van der Waals surface area (Å²) in [6.07, 6.45) is 5.00. The molecular weight excluding hydrogens is 662 g/mol. The number of fused-ring (bicyclic) bond motifs is 9. The zero-order chi connectivity index (χ0) is 35.1. The molecule has 8 rings (SSSR count). The number of aromatic nitrogens is 1. The van der Waals surface area contributed by atoms with Gasteiger partial charge in [-0.15, -0.1) is 0 Å². The van der Waals surface area contributed by atoms with Gasteiger partial charge in [0.15, 0.2) is 6.10 Å². The molecule has 4 fully saturated rings. The van der Waals surface area contributed by atoms with Crippen molar-refractivity contribution in [3.63, 3.8) is 0 Å². The first kappa shape index (κ1) is 33.0. The lowest BCUT2D eigenvalue weighted by Gasteiger charge is -2.43. The van der Waals surface area contributed by atoms with Crippen molar-refractivity contribution in [3.8, 4) is 17.0 Å². The second-order valence-corrected chi connectivity index (χ2v) is 16.5. The normalized spacial score (nSPS) is 26.5. The first-order valence-corrected chi connectivity index (χ1v) is 18.9. The second kappa shape index (κ2) is 12.0. The van der Waals surface area contributed by atoms with Crippen LogP contribution in [0.1, 0.15) is 78.5 Å². The molecule has 5 heterocycles. The largest absolute Gasteiger partial charge is 0.510 e. The summed E-state index contributed by atoms with van der Waals surface area (Å²) in [5.41, 5.74) is 2.45. The fourth-order valence-electron chi connectivity index (χ4n) is 9.11. The van der Waals surface area contributed by atoms with Crippen molar-refractivity contribution < 1.29 is 37.0 Å². The minimum absolute atomic E-state index is 0.0266. The molecular formula is C36H43N5O8S. The van der Waals surface area contributed by atoms with E-state index in [0.29, 0.717) is 16.8 Å². The first-order chi connectivity index (χ1) is 23.9. The fraction of sp³-hybridized carbons (Fsp3) is 0.528. The van der Waals surface area contributed by atoms with E-state index >= 15 is 4.79 Å². The molecule has 3 aromatic rings. The number of rotatable bonds is 6. The van der Waals surface area contributed by atoms with Crippen molar-refractivity contribution in [2.75, 3.05) is 41.3 Å². The Morgan fingerprint density at radius 1 is 1.00 bits per heavy atom. The number of likely N-dealkylation sites (tertiary alicyclic amines) is 1. The Hall–Kier alpha value is -4.14. The van der Waals surface area contributed by atoms with Crippen molar-refractivity contribution in [1.82, 2.24) is 23.4 Å². The molecule has 50 heavy (non-hydrogen) atoms. The Balaban J connectivity index is 1.38. The van der Waals surface area contributed by atoms with E-state index in [4.69, 9.17) is 14.2 Å². The van der Waals surface area contributed by atoms with E-state index < -0.39 is 34.0 Å². The summed E-state index contributed by atoms with van der Waals surface area (Å²) in [6, 6.07) is 10.8. The number of carbonyl (C=O) groups is 3. The van der Waals surface area contributed by atoms with Crippen LogP contribution in [-0.4, -0.2) is 104 Å². The van der Waals surface area contributed by atoms with Gasteiger partial charge in [0.1, 0.15) is 5.75 Å². The highest BCUT2D eigenvalue weighted by Crippen LogP contribution is 2.54. The summed E-state index contributed by atoms with van der Waals surface area (Å²) < 4.78 is 48.2. The van der Waals surface area contributed by atoms with E-state index in [1.54, 1.807) is 19.2 Å². The van der Waals surface area contributed by atoms with Gasteiger partial charge in [-0.1, -0.05) is 25.3 Å². The molecule has 5 aliphatic rings. The summed E-state index contributed by atoms with van der Waals surface area (Å²) in [5, 5.41) is 0.909. The van der Waals surface area contributed by atoms with E-state index in [2.05, 4.69) is 16.7 Å². The number of hydrogen-bond acceptors (Lipinski definition) is 9. The molecule has 1 aromatic heterocycles. The average molecular weight is 706 g/mol. The van der Waals surface area contributed by atoms with E-state index in [1.807, 2.05) is 33.7 Å². The highest BCUT2D eigenvalue weighted by Gasteiger charge is 2.64. The zero-order valence-electron chi connectivity index (χ0n) is 28.8. The quantitative estimate of drug-likeness (QED) is 0.375. The number of ether oxygens (including phenoxy) is 3. The molecule has 1 aliphatic carbocycles. The maximum absolute atomic E-state index is 15.2. The van der Waals surface area contributed by atoms with Gasteiger partial charge in [-0.3, -0.25) is 9.59 Å². The lowest BCUT2D eigenvalue weighted by Crippen LogP contribution is -2.62. The molecule has 1 N–H and O–H groups in total. The van der Waals surface area contributed by atoms with Crippen LogP contribution in [0.15, 0.2) is 36.4 Å². The van der Waals surface area contributed by atoms with Crippen molar-refractivity contribution in [2.24, 2.45) is 0 Å². The Kier molecular flexibility index (Phi) is 7.92. The van der Waals surface area contributed by atoms with Crippen LogP contribution in [0, 0.1) is 0 Å². The highest BCUT2D eigenvalue weighted by atomic mass is 32.2. The fourth-order valence-corrected chi connectivity index (χ4v) is 9.65. The van der Waals surface area contributed by atoms with Gasteiger partial charge in [0.25, 0.3) is 17.4 Å². The standard InChI is InChI=1S/C36H43N5O8S/c1-38(2)50(45,46)37-33(42)22-10-14-27-29(16-22)40-20-36(34(43)41-23-11-12-24(41)19-39(3)18-23)32(48-35(44)49-36)28-17-25(47-4)13-15-26(28)31(40)30(27)21-8-6-5-7-9-21/h10,13-17,21,23-24,32H,5-9,11-12,18-20H2,1-4H3,(H,37,42)/t23?,24?,32-,36+/m0/s1. The molecule has 4 atom stereocenters. The van der Waals surface area contributed by atoms with Crippen LogP contribution in [0.2, 0.25) is 0 Å². The van der Waals surface area contributed by atoms with E-state index in [-0.39, 0.29) is 36.0 Å². The molecule has 13 nitrogen and oxygen atoms in total. The number of piperazine rings is 1. The maximum atomic E-state index is 15.2. The molecule has 2 aromatic carbocycles. The predicted molar refractivity (Wildman–Crippen MR) is 184 cm³/mol. The summed E-state index contributed by atoms with van der Waals surface area (Å²) in [4.78, 5) is 46.1. The summed E-state index contributed by atoms with van der Waals surface area (Å²) in [7, 11) is 2.27. The molecule has 3 saturated heterocycles. The van der Waals surface area contributed by atoms with Crippen molar-refractivity contribution >= 4 is 39.1 Å². The van der Waals surface area contributed by atoms with Crippen LogP contribution in [0.25, 0.3) is 22.2 Å². The first-order valence-electron chi connectivity index (χ1n) is 17.4. The van der Waals surface area contributed by atoms with Crippen LogP contribution in [0.3, 0.4) is 0 Å². The number of likely N-dealkylation sites (N-methyl/N-ethyl adjacent to an activating group) is 1. The third-order valence-corrected chi connectivity index (χ3v) is 12.8. The van der Waals surface area contributed by atoms with Gasteiger partial charge in [-0.05, 0) is 74.5 Å². The molecule has 2 unspecified atom stereocenters. The number of amides is 2. The molecule has 266 valence electrons. The Bertz CT molecular complexity index is 2010. The Labute approximate surface area is 291 Å². The van der Waals surface area contributed by atoms with Crippen LogP contribution in [0.4, 0.5) is 4.79 Å². The monoisotopic (exact) mass is 705 g/mol. The minimum Gasteiger partial charge on any atom is -0.497 e. The van der Waals surface area contributed by atoms with E-state index in [9.17, 15) is 18.0 Å². The van der Waals surface area contributed by atoms with Gasteiger partial charge >= 0.3 is 16.4 Å². The molecule has 2 amide bonds. The van der Waals surface area contributed by atoms with E-state index in [1.165, 1.54) is 14.1 Å². The highest BCUT2D eigenvalue weighted by molar-refractivity contribution is 7.87. The molecule has 0 radical (unpaired) electrons. The molecule has 0 spiro atoms. The summed E-state index contributed by atoms with van der Waals surface area (Å²) in [5.74, 6) is -0.310. The van der Waals surface area contributed by atoms with Gasteiger partial charge in [-0.25, -0.2) is 9.52 Å². The Morgan fingerprint density at radius 2 is 1.72 bits per heavy atom. The van der Waals surface area contributed by atoms with Crippen molar-refractivity contribution in [3.05, 3.63) is 53.1 Å². The van der Waals surface area contributed by atoms with Gasteiger partial charge in [0, 0.05) is 66.9 Å². The summed E-state index contributed by atoms with van der Waals surface area (Å²) in [6.45, 7) is 1.39. The maximum Gasteiger partial charge on any atom is 0.510 e. The van der Waals surface area contributed by atoms with Crippen LogP contribution in [0.5, 0.6) is 5.75 Å². The number of nitrogens with zero attached hydrogens (tertiary/aromatic N) is 4. The molecule has 14 heteroatoms. The summed E-state index contributed by atoms with van der Waals surface area (Å²) >= 11 is 0. The smallest absolute Gasteiger partial charge is 0.497 e. The number of methoxy groups -OCH3 is 1. The lowest BCUT2D eigenvalue weighted by atomic mass is 9.80. The topological polar surface area (TPSA) is 140 Å². The van der Waals surface area contributed by atoms with Crippen molar-refractivity contribution in [1.29, 1.82) is 0 Å². The number of nitrogens with one attached hydrogen (secondary N) is 1. The second-order valence-electron chi connectivity index (χ2n) is 14.6. The van der Waals surface area contributed by atoms with Crippen LogP contribution < -0.4 is 9.46 Å². The molecule has 1 saturated carbocycles. The van der Waals surface area contributed by atoms with Gasteiger partial charge in [0.2, 0.25) is 0 Å². The van der Waals surface area contributed by atoms with Crippen LogP contribution in [-0.2, 0) is 31.0 Å². The lowest BCUT2D eigenvalue weighted by molar-refractivity contribution is -0.159. The molecule has 4 aliphatic heterocycles. The third kappa shape index (κ3) is 5.09. The Morgan fingerprint density at radius 3 is 2.40 bits per heavy atom. The predicted octanol–water partition coefficient (Wildman–Crippen LogP) is 4.17.